The summed E-state index contributed by atoms with van der Waals surface area (Å²) in [5.41, 5.74) is 2.34. The van der Waals surface area contributed by atoms with Gasteiger partial charge in [0.1, 0.15) is 5.82 Å². The Morgan fingerprint density at radius 1 is 0.962 bits per heavy atom. The quantitative estimate of drug-likeness (QED) is 0.774. The molecule has 3 rings (SSSR count). The van der Waals surface area contributed by atoms with Gasteiger partial charge in [0.2, 0.25) is 5.91 Å². The summed E-state index contributed by atoms with van der Waals surface area (Å²) in [5.74, 6) is -0.0598. The van der Waals surface area contributed by atoms with Crippen molar-refractivity contribution in [1.29, 1.82) is 0 Å². The molecule has 5 heteroatoms. The second-order valence-electron chi connectivity index (χ2n) is 6.57. The van der Waals surface area contributed by atoms with Crippen molar-refractivity contribution in [1.82, 2.24) is 4.90 Å². The molecule has 2 aromatic rings. The van der Waals surface area contributed by atoms with E-state index in [2.05, 4.69) is 0 Å². The van der Waals surface area contributed by atoms with Gasteiger partial charge in [0.05, 0.1) is 5.69 Å². The van der Waals surface area contributed by atoms with Gasteiger partial charge in [0.15, 0.2) is 5.78 Å². The van der Waals surface area contributed by atoms with Gasteiger partial charge in [0, 0.05) is 38.2 Å². The van der Waals surface area contributed by atoms with Crippen molar-refractivity contribution in [2.24, 2.45) is 0 Å². The van der Waals surface area contributed by atoms with Gasteiger partial charge < -0.3 is 9.80 Å². The Bertz CT molecular complexity index is 781. The number of ketones is 1. The van der Waals surface area contributed by atoms with Gasteiger partial charge >= 0.3 is 0 Å². The molecular weight excluding hydrogens is 331 g/mol. The number of rotatable bonds is 5. The zero-order valence-corrected chi connectivity index (χ0v) is 15.0. The van der Waals surface area contributed by atoms with Crippen LogP contribution in [-0.2, 0) is 11.2 Å². The molecule has 0 aromatic heterocycles. The molecule has 1 fully saturated rings. The van der Waals surface area contributed by atoms with E-state index >= 15 is 0 Å². The van der Waals surface area contributed by atoms with E-state index in [1.54, 1.807) is 31.2 Å². The molecule has 1 saturated heterocycles. The van der Waals surface area contributed by atoms with Crippen molar-refractivity contribution in [3.8, 4) is 0 Å². The standard InChI is InChI=1S/C21H23FN2O2/c1-16(25)18-9-6-17(7-10-18)8-11-21(26)24-14-12-23(13-15-24)20-5-3-2-4-19(20)22/h2-7,9-10H,8,11-15H2,1H3. The third-order valence-electron chi connectivity index (χ3n) is 4.81. The van der Waals surface area contributed by atoms with E-state index in [1.165, 1.54) is 6.07 Å². The predicted octanol–water partition coefficient (Wildman–Crippen LogP) is 3.31. The molecule has 0 unspecified atom stereocenters. The molecule has 0 saturated carbocycles. The second-order valence-corrected chi connectivity index (χ2v) is 6.57. The van der Waals surface area contributed by atoms with Crippen LogP contribution in [0.4, 0.5) is 10.1 Å². The Kier molecular flexibility index (Phi) is 5.66. The average molecular weight is 354 g/mol. The molecule has 1 amide bonds. The number of hydrogen-bond donors (Lipinski definition) is 0. The van der Waals surface area contributed by atoms with Crippen molar-refractivity contribution >= 4 is 17.4 Å². The topological polar surface area (TPSA) is 40.6 Å². The number of carbonyl (C=O) groups is 2. The molecular formula is C21H23FN2O2. The van der Waals surface area contributed by atoms with Crippen LogP contribution in [0.2, 0.25) is 0 Å². The zero-order chi connectivity index (χ0) is 18.5. The summed E-state index contributed by atoms with van der Waals surface area (Å²) < 4.78 is 13.9. The summed E-state index contributed by atoms with van der Waals surface area (Å²) in [5, 5.41) is 0. The van der Waals surface area contributed by atoms with Crippen LogP contribution in [0, 0.1) is 5.82 Å². The Morgan fingerprint density at radius 2 is 1.62 bits per heavy atom. The summed E-state index contributed by atoms with van der Waals surface area (Å²) in [6, 6.07) is 14.2. The van der Waals surface area contributed by atoms with Crippen LogP contribution in [0.25, 0.3) is 0 Å². The molecule has 0 aliphatic carbocycles. The fourth-order valence-corrected chi connectivity index (χ4v) is 3.22. The van der Waals surface area contributed by atoms with E-state index in [0.717, 1.165) is 5.56 Å². The highest BCUT2D eigenvalue weighted by Crippen LogP contribution is 2.20. The first-order valence-electron chi connectivity index (χ1n) is 8.92. The first-order chi connectivity index (χ1) is 12.5. The van der Waals surface area contributed by atoms with Gasteiger partial charge in [-0.25, -0.2) is 4.39 Å². The van der Waals surface area contributed by atoms with Gasteiger partial charge in [-0.15, -0.1) is 0 Å². The number of para-hydroxylation sites is 1. The number of anilines is 1. The molecule has 0 radical (unpaired) electrons. The third kappa shape index (κ3) is 4.28. The predicted molar refractivity (Wildman–Crippen MR) is 100.0 cm³/mol. The maximum absolute atomic E-state index is 13.9. The number of piperazine rings is 1. The van der Waals surface area contributed by atoms with Gasteiger partial charge in [-0.2, -0.15) is 0 Å². The lowest BCUT2D eigenvalue weighted by Gasteiger charge is -2.36. The highest BCUT2D eigenvalue weighted by atomic mass is 19.1. The third-order valence-corrected chi connectivity index (χ3v) is 4.81. The average Bonchev–Trinajstić information content (AvgIpc) is 2.67. The first-order valence-corrected chi connectivity index (χ1v) is 8.92. The largest absolute Gasteiger partial charge is 0.366 e. The van der Waals surface area contributed by atoms with Gasteiger partial charge in [-0.1, -0.05) is 36.4 Å². The van der Waals surface area contributed by atoms with Crippen molar-refractivity contribution in [2.75, 3.05) is 31.1 Å². The number of hydrogen-bond acceptors (Lipinski definition) is 3. The molecule has 136 valence electrons. The molecule has 0 spiro atoms. The number of Topliss-reactive ketones (excluding diaryl/α,β-unsaturated/α-hetero) is 1. The number of carbonyl (C=O) groups excluding carboxylic acids is 2. The summed E-state index contributed by atoms with van der Waals surface area (Å²) in [6.07, 6.45) is 1.10. The molecule has 0 bridgehead atoms. The van der Waals surface area contributed by atoms with Crippen molar-refractivity contribution in [3.63, 3.8) is 0 Å². The first kappa shape index (κ1) is 18.1. The van der Waals surface area contributed by atoms with Crippen molar-refractivity contribution in [3.05, 3.63) is 65.5 Å². The molecule has 4 nitrogen and oxygen atoms in total. The van der Waals surface area contributed by atoms with E-state index in [-0.39, 0.29) is 17.5 Å². The Morgan fingerprint density at radius 3 is 2.23 bits per heavy atom. The molecule has 1 aliphatic heterocycles. The molecule has 2 aromatic carbocycles. The smallest absolute Gasteiger partial charge is 0.223 e. The molecule has 0 N–H and O–H groups in total. The number of amides is 1. The van der Waals surface area contributed by atoms with Crippen LogP contribution >= 0.6 is 0 Å². The Labute approximate surface area is 153 Å². The van der Waals surface area contributed by atoms with E-state index in [4.69, 9.17) is 0 Å². The van der Waals surface area contributed by atoms with Crippen LogP contribution in [0.3, 0.4) is 0 Å². The SMILES string of the molecule is CC(=O)c1ccc(CCC(=O)N2CCN(c3ccccc3F)CC2)cc1. The molecule has 26 heavy (non-hydrogen) atoms. The van der Waals surface area contributed by atoms with Gasteiger partial charge in [-0.3, -0.25) is 9.59 Å². The fourth-order valence-electron chi connectivity index (χ4n) is 3.22. The monoisotopic (exact) mass is 354 g/mol. The summed E-state index contributed by atoms with van der Waals surface area (Å²) >= 11 is 0. The zero-order valence-electron chi connectivity index (χ0n) is 15.0. The summed E-state index contributed by atoms with van der Waals surface area (Å²) in [4.78, 5) is 27.6. The fraction of sp³-hybridized carbons (Fsp3) is 0.333. The Balaban J connectivity index is 1.49. The van der Waals surface area contributed by atoms with E-state index in [9.17, 15) is 14.0 Å². The van der Waals surface area contributed by atoms with E-state index < -0.39 is 0 Å². The van der Waals surface area contributed by atoms with Crippen LogP contribution < -0.4 is 4.90 Å². The number of nitrogens with zero attached hydrogens (tertiary/aromatic N) is 2. The Hall–Kier alpha value is -2.69. The summed E-state index contributed by atoms with van der Waals surface area (Å²) in [6.45, 7) is 4.03. The lowest BCUT2D eigenvalue weighted by atomic mass is 10.1. The molecule has 1 aliphatic rings. The minimum atomic E-state index is -0.221. The minimum Gasteiger partial charge on any atom is -0.366 e. The molecule has 0 atom stereocenters. The lowest BCUT2D eigenvalue weighted by Crippen LogP contribution is -2.49. The van der Waals surface area contributed by atoms with E-state index in [0.29, 0.717) is 50.3 Å². The van der Waals surface area contributed by atoms with Crippen LogP contribution in [0.5, 0.6) is 0 Å². The van der Waals surface area contributed by atoms with Crippen molar-refractivity contribution < 1.29 is 14.0 Å². The maximum Gasteiger partial charge on any atom is 0.223 e. The number of halogens is 1. The van der Waals surface area contributed by atoms with Crippen LogP contribution in [-0.4, -0.2) is 42.8 Å². The van der Waals surface area contributed by atoms with E-state index in [1.807, 2.05) is 28.0 Å². The van der Waals surface area contributed by atoms with Gasteiger partial charge in [0.25, 0.3) is 0 Å². The number of aryl methyl sites for hydroxylation is 1. The van der Waals surface area contributed by atoms with Crippen LogP contribution in [0.1, 0.15) is 29.3 Å². The summed E-state index contributed by atoms with van der Waals surface area (Å²) in [7, 11) is 0. The highest BCUT2D eigenvalue weighted by Gasteiger charge is 2.22. The minimum absolute atomic E-state index is 0.0420. The normalized spacial score (nSPS) is 14.4. The van der Waals surface area contributed by atoms with Gasteiger partial charge in [-0.05, 0) is 31.0 Å². The second kappa shape index (κ2) is 8.13. The number of benzene rings is 2. The molecule has 1 heterocycles. The highest BCUT2D eigenvalue weighted by molar-refractivity contribution is 5.94. The lowest BCUT2D eigenvalue weighted by molar-refractivity contribution is -0.131. The maximum atomic E-state index is 13.9. The van der Waals surface area contributed by atoms with Crippen molar-refractivity contribution in [2.45, 2.75) is 19.8 Å². The van der Waals surface area contributed by atoms with Crippen LogP contribution in [0.15, 0.2) is 48.5 Å².